The van der Waals surface area contributed by atoms with E-state index in [0.29, 0.717) is 13.1 Å². The molecule has 1 heterocycles. The maximum Gasteiger partial charge on any atom is 0.410 e. The summed E-state index contributed by atoms with van der Waals surface area (Å²) in [5.74, 6) is -0.485. The van der Waals surface area contributed by atoms with Crippen LogP contribution in [-0.2, 0) is 19.1 Å². The van der Waals surface area contributed by atoms with Crippen LogP contribution in [0.3, 0.4) is 0 Å². The summed E-state index contributed by atoms with van der Waals surface area (Å²) >= 11 is 0. The number of piperazine rings is 1. The van der Waals surface area contributed by atoms with E-state index >= 15 is 0 Å². The first-order valence-corrected chi connectivity index (χ1v) is 7.59. The molecule has 0 aromatic carbocycles. The number of nitrogens with zero attached hydrogens (tertiary/aromatic N) is 2. The van der Waals surface area contributed by atoms with Gasteiger partial charge in [-0.25, -0.2) is 9.59 Å². The highest BCUT2D eigenvalue weighted by Crippen LogP contribution is 2.32. The van der Waals surface area contributed by atoms with Crippen molar-refractivity contribution in [1.29, 1.82) is 0 Å². The molecule has 124 valence electrons. The number of carbonyl (C=O) groups excluding carboxylic acids is 3. The van der Waals surface area contributed by atoms with Crippen molar-refractivity contribution in [2.24, 2.45) is 5.92 Å². The highest BCUT2D eigenvalue weighted by Gasteiger charge is 2.43. The molecule has 2 fully saturated rings. The van der Waals surface area contributed by atoms with Gasteiger partial charge in [-0.2, -0.15) is 0 Å². The van der Waals surface area contributed by atoms with Crippen LogP contribution >= 0.6 is 0 Å². The summed E-state index contributed by atoms with van der Waals surface area (Å²) in [5, 5.41) is 0. The lowest BCUT2D eigenvalue weighted by molar-refractivity contribution is -0.156. The van der Waals surface area contributed by atoms with Crippen molar-refractivity contribution in [2.75, 3.05) is 26.7 Å². The van der Waals surface area contributed by atoms with E-state index in [0.717, 1.165) is 12.8 Å². The molecule has 0 radical (unpaired) electrons. The minimum atomic E-state index is -0.751. The summed E-state index contributed by atoms with van der Waals surface area (Å²) in [6.45, 7) is 6.16. The molecule has 0 spiro atoms. The summed E-state index contributed by atoms with van der Waals surface area (Å²) in [7, 11) is 1.29. The molecule has 0 N–H and O–H groups in total. The maximum atomic E-state index is 12.3. The highest BCUT2D eigenvalue weighted by molar-refractivity contribution is 5.88. The molecule has 1 atom stereocenters. The van der Waals surface area contributed by atoms with Crippen molar-refractivity contribution >= 4 is 18.0 Å². The second-order valence-corrected chi connectivity index (χ2v) is 6.77. The lowest BCUT2D eigenvalue weighted by Gasteiger charge is -2.40. The Balaban J connectivity index is 2.06. The van der Waals surface area contributed by atoms with E-state index < -0.39 is 23.7 Å². The molecule has 0 aromatic rings. The predicted molar refractivity (Wildman–Crippen MR) is 78.0 cm³/mol. The average molecular weight is 312 g/mol. The molecule has 2 rings (SSSR count). The van der Waals surface area contributed by atoms with Gasteiger partial charge in [0.05, 0.1) is 13.7 Å². The van der Waals surface area contributed by atoms with Gasteiger partial charge in [-0.05, 0) is 33.6 Å². The molecule has 1 unspecified atom stereocenters. The van der Waals surface area contributed by atoms with Crippen LogP contribution in [-0.4, -0.2) is 66.2 Å². The van der Waals surface area contributed by atoms with Crippen LogP contribution < -0.4 is 0 Å². The number of rotatable bonds is 2. The van der Waals surface area contributed by atoms with Crippen molar-refractivity contribution < 1.29 is 23.9 Å². The molecule has 7 heteroatoms. The third kappa shape index (κ3) is 3.90. The van der Waals surface area contributed by atoms with Crippen molar-refractivity contribution in [1.82, 2.24) is 9.80 Å². The van der Waals surface area contributed by atoms with Crippen LogP contribution in [0, 0.1) is 5.92 Å². The van der Waals surface area contributed by atoms with E-state index in [1.807, 2.05) is 0 Å². The molecule has 0 bridgehead atoms. The van der Waals surface area contributed by atoms with Crippen LogP contribution in [0.15, 0.2) is 0 Å². The third-order valence-corrected chi connectivity index (χ3v) is 3.71. The number of esters is 1. The first-order chi connectivity index (χ1) is 10.2. The molecular weight excluding hydrogens is 288 g/mol. The number of ether oxygens (including phenoxy) is 2. The van der Waals surface area contributed by atoms with Crippen LogP contribution in [0.5, 0.6) is 0 Å². The second-order valence-electron chi connectivity index (χ2n) is 6.77. The Morgan fingerprint density at radius 1 is 1.09 bits per heavy atom. The Morgan fingerprint density at radius 2 is 1.73 bits per heavy atom. The van der Waals surface area contributed by atoms with Crippen molar-refractivity contribution in [3.63, 3.8) is 0 Å². The van der Waals surface area contributed by atoms with Crippen molar-refractivity contribution in [3.05, 3.63) is 0 Å². The molecule has 1 aliphatic heterocycles. The van der Waals surface area contributed by atoms with Crippen LogP contribution in [0.25, 0.3) is 0 Å². The largest absolute Gasteiger partial charge is 0.467 e. The van der Waals surface area contributed by atoms with Gasteiger partial charge >= 0.3 is 12.1 Å². The van der Waals surface area contributed by atoms with Crippen LogP contribution in [0.1, 0.15) is 33.6 Å². The monoisotopic (exact) mass is 312 g/mol. The second kappa shape index (κ2) is 6.14. The minimum Gasteiger partial charge on any atom is -0.467 e. The van der Waals surface area contributed by atoms with E-state index in [2.05, 4.69) is 0 Å². The topological polar surface area (TPSA) is 76.2 Å². The molecule has 2 aliphatic rings. The quantitative estimate of drug-likeness (QED) is 0.712. The van der Waals surface area contributed by atoms with Gasteiger partial charge in [-0.15, -0.1) is 0 Å². The predicted octanol–water partition coefficient (Wildman–Crippen LogP) is 1.02. The molecule has 0 aromatic heterocycles. The zero-order valence-electron chi connectivity index (χ0n) is 13.6. The van der Waals surface area contributed by atoms with Gasteiger partial charge in [0, 0.05) is 19.0 Å². The summed E-state index contributed by atoms with van der Waals surface area (Å²) in [6, 6.07) is -0.751. The number of methoxy groups -OCH3 is 1. The summed E-state index contributed by atoms with van der Waals surface area (Å²) in [6.07, 6.45) is 1.28. The Morgan fingerprint density at radius 3 is 2.23 bits per heavy atom. The molecule has 2 amide bonds. The molecule has 1 aliphatic carbocycles. The molecule has 1 saturated heterocycles. The van der Waals surface area contributed by atoms with E-state index in [9.17, 15) is 14.4 Å². The van der Waals surface area contributed by atoms with E-state index in [4.69, 9.17) is 9.47 Å². The SMILES string of the molecule is COC(=O)C1CN(C(=O)OC(C)(C)C)CCN1C(=O)C1CC1. The van der Waals surface area contributed by atoms with Gasteiger partial charge in [0.25, 0.3) is 0 Å². The lowest BCUT2D eigenvalue weighted by Crippen LogP contribution is -2.60. The number of carbonyl (C=O) groups is 3. The highest BCUT2D eigenvalue weighted by atomic mass is 16.6. The van der Waals surface area contributed by atoms with Crippen molar-refractivity contribution in [3.8, 4) is 0 Å². The molecular formula is C15H24N2O5. The van der Waals surface area contributed by atoms with E-state index in [1.165, 1.54) is 12.0 Å². The molecule has 22 heavy (non-hydrogen) atoms. The van der Waals surface area contributed by atoms with E-state index in [-0.39, 0.29) is 18.4 Å². The third-order valence-electron chi connectivity index (χ3n) is 3.71. The molecule has 7 nitrogen and oxygen atoms in total. The summed E-state index contributed by atoms with van der Waals surface area (Å²) in [4.78, 5) is 39.4. The maximum absolute atomic E-state index is 12.3. The Kier molecular flexibility index (Phi) is 4.63. The summed E-state index contributed by atoms with van der Waals surface area (Å²) in [5.41, 5.74) is -0.598. The summed E-state index contributed by atoms with van der Waals surface area (Å²) < 4.78 is 10.1. The first kappa shape index (κ1) is 16.6. The van der Waals surface area contributed by atoms with Crippen molar-refractivity contribution in [2.45, 2.75) is 45.3 Å². The number of amides is 2. The Bertz CT molecular complexity index is 467. The fourth-order valence-corrected chi connectivity index (χ4v) is 2.44. The van der Waals surface area contributed by atoms with Gasteiger partial charge in [-0.3, -0.25) is 4.79 Å². The van der Waals surface area contributed by atoms with Crippen LogP contribution in [0.2, 0.25) is 0 Å². The molecule has 1 saturated carbocycles. The normalized spacial score (nSPS) is 22.3. The van der Waals surface area contributed by atoms with Crippen LogP contribution in [0.4, 0.5) is 4.79 Å². The fourth-order valence-electron chi connectivity index (χ4n) is 2.44. The zero-order valence-corrected chi connectivity index (χ0v) is 13.6. The lowest BCUT2D eigenvalue weighted by atomic mass is 10.1. The number of hydrogen-bond acceptors (Lipinski definition) is 5. The smallest absolute Gasteiger partial charge is 0.410 e. The van der Waals surface area contributed by atoms with Gasteiger partial charge in [-0.1, -0.05) is 0 Å². The van der Waals surface area contributed by atoms with Gasteiger partial charge < -0.3 is 19.3 Å². The Labute approximate surface area is 130 Å². The van der Waals surface area contributed by atoms with Gasteiger partial charge in [0.15, 0.2) is 0 Å². The fraction of sp³-hybridized carbons (Fsp3) is 0.800. The average Bonchev–Trinajstić information content (AvgIpc) is 3.27. The standard InChI is InChI=1S/C15H24N2O5/c1-15(2,3)22-14(20)16-7-8-17(12(18)10-5-6-10)11(9-16)13(19)21-4/h10-11H,5-9H2,1-4H3. The Hall–Kier alpha value is -1.79. The van der Waals surface area contributed by atoms with E-state index in [1.54, 1.807) is 25.7 Å². The first-order valence-electron chi connectivity index (χ1n) is 7.59. The minimum absolute atomic E-state index is 0.0146. The van der Waals surface area contributed by atoms with Gasteiger partial charge in [0.2, 0.25) is 5.91 Å². The number of hydrogen-bond donors (Lipinski definition) is 0. The zero-order chi connectivity index (χ0) is 16.5. The van der Waals surface area contributed by atoms with Gasteiger partial charge in [0.1, 0.15) is 11.6 Å².